The molecule has 2 N–H and O–H groups in total. The van der Waals surface area contributed by atoms with E-state index in [-0.39, 0.29) is 6.04 Å². The first-order valence-electron chi connectivity index (χ1n) is 6.76. The van der Waals surface area contributed by atoms with Crippen molar-refractivity contribution < 1.29 is 5.11 Å². The number of hydrogen-bond acceptors (Lipinski definition) is 3. The second-order valence-corrected chi connectivity index (χ2v) is 5.82. The monoisotopic (exact) mass is 250 g/mol. The molecule has 1 aromatic heterocycles. The van der Waals surface area contributed by atoms with Gasteiger partial charge in [0.1, 0.15) is 0 Å². The van der Waals surface area contributed by atoms with E-state index in [1.807, 2.05) is 25.3 Å². The minimum absolute atomic E-state index is 0.212. The first-order valence-corrected chi connectivity index (χ1v) is 6.76. The molecule has 3 nitrogen and oxygen atoms in total. The highest BCUT2D eigenvalue weighted by molar-refractivity contribution is 5.12. The fraction of sp³-hybridized carbons (Fsp3) is 0.667. The van der Waals surface area contributed by atoms with Crippen LogP contribution in [-0.2, 0) is 0 Å². The van der Waals surface area contributed by atoms with Gasteiger partial charge in [-0.2, -0.15) is 0 Å². The average Bonchev–Trinajstić information content (AvgIpc) is 2.35. The lowest BCUT2D eigenvalue weighted by molar-refractivity contribution is 0.0430. The van der Waals surface area contributed by atoms with Gasteiger partial charge in [0, 0.05) is 25.0 Å². The molecule has 0 aliphatic heterocycles. The highest BCUT2D eigenvalue weighted by Crippen LogP contribution is 2.17. The molecule has 3 heteroatoms. The third-order valence-electron chi connectivity index (χ3n) is 3.23. The maximum Gasteiger partial charge on any atom is 0.0743 e. The fourth-order valence-corrected chi connectivity index (χ4v) is 1.81. The van der Waals surface area contributed by atoms with Crippen LogP contribution in [0.2, 0.25) is 0 Å². The Morgan fingerprint density at radius 1 is 1.39 bits per heavy atom. The molecule has 102 valence electrons. The number of rotatable bonds is 7. The number of pyridine rings is 1. The predicted octanol–water partition coefficient (Wildman–Crippen LogP) is 2.92. The molecule has 18 heavy (non-hydrogen) atoms. The summed E-state index contributed by atoms with van der Waals surface area (Å²) in [6.07, 6.45) is 5.52. The van der Waals surface area contributed by atoms with E-state index in [2.05, 4.69) is 31.1 Å². The molecule has 1 heterocycles. The Morgan fingerprint density at radius 2 is 2.11 bits per heavy atom. The van der Waals surface area contributed by atoms with Crippen molar-refractivity contribution in [2.45, 2.75) is 52.2 Å². The van der Waals surface area contributed by atoms with Crippen LogP contribution in [0.3, 0.4) is 0 Å². The number of aliphatic hydroxyl groups is 1. The summed E-state index contributed by atoms with van der Waals surface area (Å²) in [4.78, 5) is 4.11. The fourth-order valence-electron chi connectivity index (χ4n) is 1.81. The molecule has 0 aliphatic rings. The highest BCUT2D eigenvalue weighted by atomic mass is 16.3. The molecule has 0 bridgehead atoms. The minimum atomic E-state index is -0.638. The van der Waals surface area contributed by atoms with Gasteiger partial charge < -0.3 is 10.4 Å². The van der Waals surface area contributed by atoms with Crippen LogP contribution in [0, 0.1) is 5.92 Å². The van der Waals surface area contributed by atoms with Crippen molar-refractivity contribution in [3.05, 3.63) is 30.1 Å². The van der Waals surface area contributed by atoms with Crippen molar-refractivity contribution in [3.63, 3.8) is 0 Å². The molecule has 0 saturated carbocycles. The number of nitrogens with zero attached hydrogens (tertiary/aromatic N) is 1. The zero-order valence-corrected chi connectivity index (χ0v) is 12.0. The van der Waals surface area contributed by atoms with Gasteiger partial charge in [0.25, 0.3) is 0 Å². The Morgan fingerprint density at radius 3 is 2.67 bits per heavy atom. The van der Waals surface area contributed by atoms with Crippen molar-refractivity contribution in [2.24, 2.45) is 5.92 Å². The summed E-state index contributed by atoms with van der Waals surface area (Å²) in [6.45, 7) is 8.97. The van der Waals surface area contributed by atoms with E-state index in [4.69, 9.17) is 0 Å². The normalized spacial score (nSPS) is 16.6. The van der Waals surface area contributed by atoms with Gasteiger partial charge in [-0.1, -0.05) is 19.9 Å². The van der Waals surface area contributed by atoms with E-state index < -0.39 is 5.60 Å². The van der Waals surface area contributed by atoms with Gasteiger partial charge in [0.15, 0.2) is 0 Å². The molecule has 0 spiro atoms. The van der Waals surface area contributed by atoms with Gasteiger partial charge >= 0.3 is 0 Å². The molecule has 0 radical (unpaired) electrons. The Hall–Kier alpha value is -0.930. The van der Waals surface area contributed by atoms with Crippen LogP contribution >= 0.6 is 0 Å². The number of hydrogen-bond donors (Lipinski definition) is 2. The van der Waals surface area contributed by atoms with E-state index >= 15 is 0 Å². The summed E-state index contributed by atoms with van der Waals surface area (Å²) < 4.78 is 0. The molecule has 0 amide bonds. The van der Waals surface area contributed by atoms with Crippen molar-refractivity contribution in [1.82, 2.24) is 10.3 Å². The van der Waals surface area contributed by atoms with Gasteiger partial charge in [-0.05, 0) is 44.2 Å². The number of nitrogens with one attached hydrogen (secondary N) is 1. The highest BCUT2D eigenvalue weighted by Gasteiger charge is 2.21. The maximum atomic E-state index is 10.3. The molecule has 2 atom stereocenters. The third-order valence-corrected chi connectivity index (χ3v) is 3.23. The molecule has 0 saturated heterocycles. The van der Waals surface area contributed by atoms with Gasteiger partial charge in [-0.3, -0.25) is 4.98 Å². The zero-order chi connectivity index (χ0) is 13.6. The lowest BCUT2D eigenvalue weighted by Gasteiger charge is -2.26. The SMILES string of the molecule is CC(C)CCC(C)(O)CNC(C)c1cccnc1. The largest absolute Gasteiger partial charge is 0.389 e. The Balaban J connectivity index is 2.39. The van der Waals surface area contributed by atoms with Crippen LogP contribution in [0.25, 0.3) is 0 Å². The summed E-state index contributed by atoms with van der Waals surface area (Å²) in [5.74, 6) is 0.632. The van der Waals surface area contributed by atoms with E-state index in [1.165, 1.54) is 0 Å². The Labute approximate surface area is 111 Å². The summed E-state index contributed by atoms with van der Waals surface area (Å²) in [5.41, 5.74) is 0.512. The molecule has 0 fully saturated rings. The Kier molecular flexibility index (Phi) is 5.76. The lowest BCUT2D eigenvalue weighted by Crippen LogP contribution is -2.39. The van der Waals surface area contributed by atoms with E-state index in [0.717, 1.165) is 18.4 Å². The number of aromatic nitrogens is 1. The van der Waals surface area contributed by atoms with Crippen molar-refractivity contribution in [3.8, 4) is 0 Å². The van der Waals surface area contributed by atoms with E-state index in [1.54, 1.807) is 6.20 Å². The van der Waals surface area contributed by atoms with Crippen molar-refractivity contribution >= 4 is 0 Å². The van der Waals surface area contributed by atoms with Gasteiger partial charge in [-0.15, -0.1) is 0 Å². The van der Waals surface area contributed by atoms with Crippen LogP contribution < -0.4 is 5.32 Å². The smallest absolute Gasteiger partial charge is 0.0743 e. The molecule has 0 aromatic carbocycles. The van der Waals surface area contributed by atoms with Crippen molar-refractivity contribution in [2.75, 3.05) is 6.54 Å². The maximum absolute atomic E-state index is 10.3. The molecular formula is C15H26N2O. The standard InChI is InChI=1S/C15H26N2O/c1-12(2)7-8-15(4,18)11-17-13(3)14-6-5-9-16-10-14/h5-6,9-10,12-13,17-18H,7-8,11H2,1-4H3. The van der Waals surface area contributed by atoms with Crippen LogP contribution in [0.15, 0.2) is 24.5 Å². The van der Waals surface area contributed by atoms with Gasteiger partial charge in [-0.25, -0.2) is 0 Å². The van der Waals surface area contributed by atoms with Gasteiger partial charge in [0.05, 0.1) is 5.60 Å². The first-order chi connectivity index (χ1) is 8.41. The summed E-state index contributed by atoms with van der Waals surface area (Å²) in [7, 11) is 0. The molecule has 2 unspecified atom stereocenters. The zero-order valence-electron chi connectivity index (χ0n) is 12.0. The summed E-state index contributed by atoms with van der Waals surface area (Å²) >= 11 is 0. The second kappa shape index (κ2) is 6.86. The topological polar surface area (TPSA) is 45.1 Å². The quantitative estimate of drug-likeness (QED) is 0.782. The van der Waals surface area contributed by atoms with E-state index in [0.29, 0.717) is 12.5 Å². The molecule has 1 rings (SSSR count). The predicted molar refractivity (Wildman–Crippen MR) is 75.4 cm³/mol. The molecule has 1 aromatic rings. The summed E-state index contributed by atoms with van der Waals surface area (Å²) in [6, 6.07) is 4.20. The molecule has 0 aliphatic carbocycles. The lowest BCUT2D eigenvalue weighted by atomic mass is 9.95. The minimum Gasteiger partial charge on any atom is -0.389 e. The van der Waals surface area contributed by atoms with Crippen LogP contribution in [0.4, 0.5) is 0 Å². The third kappa shape index (κ3) is 5.61. The van der Waals surface area contributed by atoms with Crippen LogP contribution in [0.1, 0.15) is 52.1 Å². The summed E-state index contributed by atoms with van der Waals surface area (Å²) in [5, 5.41) is 13.7. The van der Waals surface area contributed by atoms with Crippen molar-refractivity contribution in [1.29, 1.82) is 0 Å². The van der Waals surface area contributed by atoms with Crippen LogP contribution in [-0.4, -0.2) is 22.2 Å². The van der Waals surface area contributed by atoms with Crippen LogP contribution in [0.5, 0.6) is 0 Å². The van der Waals surface area contributed by atoms with E-state index in [9.17, 15) is 5.11 Å². The average molecular weight is 250 g/mol. The Bertz CT molecular complexity index is 336. The molecular weight excluding hydrogens is 224 g/mol. The first kappa shape index (κ1) is 15.1. The second-order valence-electron chi connectivity index (χ2n) is 5.82. The van der Waals surface area contributed by atoms with Gasteiger partial charge in [0.2, 0.25) is 0 Å².